The van der Waals surface area contributed by atoms with Crippen LogP contribution in [-0.4, -0.2) is 77.4 Å². The Morgan fingerprint density at radius 1 is 1.18 bits per heavy atom. The Kier molecular flexibility index (Phi) is 7.74. The van der Waals surface area contributed by atoms with Gasteiger partial charge >= 0.3 is 6.03 Å². The molecule has 0 bridgehead atoms. The summed E-state index contributed by atoms with van der Waals surface area (Å²) in [6, 6.07) is 4.47. The number of carbonyl (C=O) groups excluding carboxylic acids is 2. The first-order valence-electron chi connectivity index (χ1n) is 9.66. The molecule has 0 atom stereocenters. The normalized spacial score (nSPS) is 14.6. The predicted octanol–water partition coefficient (Wildman–Crippen LogP) is 2.31. The van der Waals surface area contributed by atoms with Crippen LogP contribution in [0.4, 0.5) is 16.2 Å². The van der Waals surface area contributed by atoms with E-state index in [-0.39, 0.29) is 17.6 Å². The number of nitro groups is 1. The van der Waals surface area contributed by atoms with Crippen LogP contribution in [0.2, 0.25) is 0 Å². The average molecular weight is 391 g/mol. The van der Waals surface area contributed by atoms with Crippen molar-refractivity contribution in [1.29, 1.82) is 0 Å². The predicted molar refractivity (Wildman–Crippen MR) is 107 cm³/mol. The van der Waals surface area contributed by atoms with E-state index in [1.807, 2.05) is 23.6 Å². The summed E-state index contributed by atoms with van der Waals surface area (Å²) in [5.74, 6) is -0.126. The van der Waals surface area contributed by atoms with Crippen molar-refractivity contribution in [3.05, 3.63) is 33.9 Å². The number of hydrogen-bond acceptors (Lipinski definition) is 5. The molecule has 0 unspecified atom stereocenters. The second kappa shape index (κ2) is 10.0. The fraction of sp³-hybridized carbons (Fsp3) is 0.579. The van der Waals surface area contributed by atoms with E-state index in [0.717, 1.165) is 13.1 Å². The van der Waals surface area contributed by atoms with E-state index in [0.29, 0.717) is 50.4 Å². The van der Waals surface area contributed by atoms with Crippen molar-refractivity contribution < 1.29 is 14.5 Å². The maximum Gasteiger partial charge on any atom is 0.320 e. The molecule has 2 rings (SSSR count). The van der Waals surface area contributed by atoms with E-state index >= 15 is 0 Å². The number of nitrogens with zero attached hydrogens (tertiary/aromatic N) is 4. The molecule has 1 aromatic rings. The first kappa shape index (κ1) is 21.6. The molecule has 9 nitrogen and oxygen atoms in total. The number of amides is 3. The van der Waals surface area contributed by atoms with Crippen molar-refractivity contribution in [2.45, 2.75) is 27.2 Å². The summed E-state index contributed by atoms with van der Waals surface area (Å²) in [5.41, 5.74) is 1.25. The highest BCUT2D eigenvalue weighted by atomic mass is 16.6. The monoisotopic (exact) mass is 391 g/mol. The van der Waals surface area contributed by atoms with Gasteiger partial charge in [-0.1, -0.05) is 0 Å². The lowest BCUT2D eigenvalue weighted by molar-refractivity contribution is -0.384. The fourth-order valence-electron chi connectivity index (χ4n) is 3.23. The maximum absolute atomic E-state index is 12.4. The van der Waals surface area contributed by atoms with Gasteiger partial charge in [0.1, 0.15) is 0 Å². The molecule has 1 saturated heterocycles. The number of piperazine rings is 1. The van der Waals surface area contributed by atoms with E-state index in [1.165, 1.54) is 12.1 Å². The molecule has 1 aliphatic heterocycles. The van der Waals surface area contributed by atoms with Gasteiger partial charge in [0, 0.05) is 70.1 Å². The number of hydrogen-bond donors (Lipinski definition) is 1. The zero-order valence-electron chi connectivity index (χ0n) is 16.8. The largest absolute Gasteiger partial charge is 0.326 e. The van der Waals surface area contributed by atoms with Crippen LogP contribution in [0.1, 0.15) is 25.8 Å². The van der Waals surface area contributed by atoms with Gasteiger partial charge in [0.25, 0.3) is 5.69 Å². The molecule has 1 aliphatic rings. The minimum absolute atomic E-state index is 0.00706. The lowest BCUT2D eigenvalue weighted by atomic mass is 10.1. The third-order valence-electron chi connectivity index (χ3n) is 5.03. The number of benzene rings is 1. The highest BCUT2D eigenvalue weighted by molar-refractivity contribution is 5.91. The number of nitro benzene ring substituents is 1. The lowest BCUT2D eigenvalue weighted by Gasteiger charge is -2.37. The molecule has 0 aliphatic carbocycles. The van der Waals surface area contributed by atoms with Crippen LogP contribution in [0, 0.1) is 17.0 Å². The fourth-order valence-corrected chi connectivity index (χ4v) is 3.23. The molecule has 154 valence electrons. The van der Waals surface area contributed by atoms with Crippen molar-refractivity contribution in [3.63, 3.8) is 0 Å². The summed E-state index contributed by atoms with van der Waals surface area (Å²) in [4.78, 5) is 40.8. The van der Waals surface area contributed by atoms with Gasteiger partial charge in [-0.05, 0) is 32.4 Å². The number of aryl methyl sites for hydroxylation is 1. The number of carbonyl (C=O) groups is 2. The molecule has 1 fully saturated rings. The Labute approximate surface area is 165 Å². The smallest absolute Gasteiger partial charge is 0.320 e. The van der Waals surface area contributed by atoms with Crippen molar-refractivity contribution >= 4 is 23.3 Å². The molecule has 28 heavy (non-hydrogen) atoms. The Bertz CT molecular complexity index is 712. The maximum atomic E-state index is 12.4. The van der Waals surface area contributed by atoms with E-state index in [1.54, 1.807) is 13.0 Å². The molecular formula is C19H29N5O4. The molecule has 9 heteroatoms. The number of nitrogens with one attached hydrogen (secondary N) is 1. The van der Waals surface area contributed by atoms with E-state index in [4.69, 9.17) is 0 Å². The molecule has 0 radical (unpaired) electrons. The van der Waals surface area contributed by atoms with Gasteiger partial charge in [0.05, 0.1) is 4.92 Å². The van der Waals surface area contributed by atoms with Crippen LogP contribution in [0.3, 0.4) is 0 Å². The Morgan fingerprint density at radius 3 is 2.36 bits per heavy atom. The minimum Gasteiger partial charge on any atom is -0.326 e. The van der Waals surface area contributed by atoms with Gasteiger partial charge < -0.3 is 15.1 Å². The molecular weight excluding hydrogens is 362 g/mol. The lowest BCUT2D eigenvalue weighted by Crippen LogP contribution is -2.53. The number of urea groups is 1. The Morgan fingerprint density at radius 2 is 1.82 bits per heavy atom. The van der Waals surface area contributed by atoms with Gasteiger partial charge in [-0.2, -0.15) is 0 Å². The van der Waals surface area contributed by atoms with Gasteiger partial charge in [-0.15, -0.1) is 0 Å². The van der Waals surface area contributed by atoms with Gasteiger partial charge in [0.2, 0.25) is 5.91 Å². The molecule has 1 aromatic carbocycles. The van der Waals surface area contributed by atoms with Crippen molar-refractivity contribution in [2.75, 3.05) is 51.1 Å². The van der Waals surface area contributed by atoms with E-state index < -0.39 is 4.92 Å². The van der Waals surface area contributed by atoms with Gasteiger partial charge in [-0.3, -0.25) is 19.8 Å². The summed E-state index contributed by atoms with van der Waals surface area (Å²) in [7, 11) is 0. The van der Waals surface area contributed by atoms with Crippen molar-refractivity contribution in [3.8, 4) is 0 Å². The molecule has 0 aromatic heterocycles. The van der Waals surface area contributed by atoms with E-state index in [9.17, 15) is 19.7 Å². The highest BCUT2D eigenvalue weighted by Crippen LogP contribution is 2.21. The van der Waals surface area contributed by atoms with Crippen molar-refractivity contribution in [1.82, 2.24) is 14.7 Å². The Hall–Kier alpha value is -2.68. The third kappa shape index (κ3) is 5.66. The number of non-ortho nitro benzene ring substituents is 1. The Balaban J connectivity index is 1.77. The van der Waals surface area contributed by atoms with E-state index in [2.05, 4.69) is 10.2 Å². The third-order valence-corrected chi connectivity index (χ3v) is 5.03. The minimum atomic E-state index is -0.455. The van der Waals surface area contributed by atoms with Crippen LogP contribution in [-0.2, 0) is 4.79 Å². The molecule has 0 spiro atoms. The topological polar surface area (TPSA) is 99.0 Å². The van der Waals surface area contributed by atoms with Crippen LogP contribution in [0.25, 0.3) is 0 Å². The first-order valence-corrected chi connectivity index (χ1v) is 9.66. The van der Waals surface area contributed by atoms with Crippen LogP contribution >= 0.6 is 0 Å². The molecule has 3 amide bonds. The zero-order chi connectivity index (χ0) is 20.7. The van der Waals surface area contributed by atoms with Crippen LogP contribution in [0.5, 0.6) is 0 Å². The summed E-state index contributed by atoms with van der Waals surface area (Å²) in [6.45, 7) is 10.5. The SMILES string of the molecule is CCN(CC)C(=O)N1CCN(CCC(=O)Nc2ccc([N+](=O)[O-])cc2C)CC1. The molecule has 1 N–H and O–H groups in total. The molecule has 0 saturated carbocycles. The summed E-state index contributed by atoms with van der Waals surface area (Å²) in [5, 5.41) is 13.6. The first-order chi connectivity index (χ1) is 13.3. The van der Waals surface area contributed by atoms with Crippen LogP contribution in [0.15, 0.2) is 18.2 Å². The summed E-state index contributed by atoms with van der Waals surface area (Å²) in [6.07, 6.45) is 0.334. The van der Waals surface area contributed by atoms with Crippen LogP contribution < -0.4 is 5.32 Å². The van der Waals surface area contributed by atoms with Gasteiger partial charge in [-0.25, -0.2) is 4.79 Å². The zero-order valence-corrected chi connectivity index (χ0v) is 16.8. The quantitative estimate of drug-likeness (QED) is 0.568. The summed E-state index contributed by atoms with van der Waals surface area (Å²) >= 11 is 0. The number of rotatable bonds is 7. The van der Waals surface area contributed by atoms with Crippen molar-refractivity contribution in [2.24, 2.45) is 0 Å². The number of anilines is 1. The standard InChI is InChI=1S/C19H29N5O4/c1-4-22(5-2)19(26)23-12-10-21(11-13-23)9-8-18(25)20-17-7-6-16(24(27)28)14-15(17)3/h6-7,14H,4-5,8-13H2,1-3H3,(H,20,25). The summed E-state index contributed by atoms with van der Waals surface area (Å²) < 4.78 is 0. The second-order valence-electron chi connectivity index (χ2n) is 6.84. The average Bonchev–Trinajstić information content (AvgIpc) is 2.69. The molecule has 1 heterocycles. The highest BCUT2D eigenvalue weighted by Gasteiger charge is 2.24. The van der Waals surface area contributed by atoms with Gasteiger partial charge in [0.15, 0.2) is 0 Å². The second-order valence-corrected chi connectivity index (χ2v) is 6.84.